The first-order valence-electron chi connectivity index (χ1n) is 8.37. The summed E-state index contributed by atoms with van der Waals surface area (Å²) >= 11 is 0. The van der Waals surface area contributed by atoms with Crippen molar-refractivity contribution in [2.75, 3.05) is 39.8 Å². The fourth-order valence-electron chi connectivity index (χ4n) is 3.42. The summed E-state index contributed by atoms with van der Waals surface area (Å²) in [4.78, 5) is 27.8. The Morgan fingerprint density at radius 2 is 1.74 bits per heavy atom. The van der Waals surface area contributed by atoms with Gasteiger partial charge in [-0.1, -0.05) is 12.1 Å². The Labute approximate surface area is 137 Å². The Balaban J connectivity index is 1.57. The summed E-state index contributed by atoms with van der Waals surface area (Å²) in [5.74, 6) is 0.171. The van der Waals surface area contributed by atoms with Crippen LogP contribution in [-0.4, -0.2) is 61.5 Å². The van der Waals surface area contributed by atoms with Crippen LogP contribution in [0.4, 0.5) is 4.79 Å². The zero-order chi connectivity index (χ0) is 16.2. The number of hydrogen-bond acceptors (Lipinski definition) is 4. The summed E-state index contributed by atoms with van der Waals surface area (Å²) in [6, 6.07) is 6.18. The maximum Gasteiger partial charge on any atom is 0.409 e. The monoisotopic (exact) mass is 316 g/mol. The molecule has 0 unspecified atom stereocenters. The zero-order valence-electron chi connectivity index (χ0n) is 13.7. The van der Waals surface area contributed by atoms with E-state index in [0.29, 0.717) is 32.7 Å². The number of fused-ring (bicyclic) bond motifs is 1. The van der Waals surface area contributed by atoms with E-state index in [4.69, 9.17) is 4.74 Å². The highest BCUT2D eigenvalue weighted by molar-refractivity contribution is 5.97. The number of carbonyl (C=O) groups is 2. The second-order valence-corrected chi connectivity index (χ2v) is 6.35. The summed E-state index contributed by atoms with van der Waals surface area (Å²) in [5.41, 5.74) is 3.57. The van der Waals surface area contributed by atoms with E-state index in [1.54, 1.807) is 4.90 Å². The zero-order valence-corrected chi connectivity index (χ0v) is 13.7. The van der Waals surface area contributed by atoms with Crippen LogP contribution >= 0.6 is 0 Å². The van der Waals surface area contributed by atoms with Gasteiger partial charge >= 0.3 is 6.09 Å². The molecule has 1 aliphatic heterocycles. The number of Topliss-reactive ketones (excluding diaryl/α,β-unsaturated/α-hetero) is 1. The maximum absolute atomic E-state index is 12.5. The van der Waals surface area contributed by atoms with E-state index >= 15 is 0 Å². The minimum atomic E-state index is -0.286. The van der Waals surface area contributed by atoms with Gasteiger partial charge in [0, 0.05) is 31.7 Å². The van der Waals surface area contributed by atoms with Crippen LogP contribution < -0.4 is 0 Å². The van der Waals surface area contributed by atoms with Crippen LogP contribution in [0, 0.1) is 0 Å². The lowest BCUT2D eigenvalue weighted by atomic mass is 9.90. The Bertz CT molecular complexity index is 592. The van der Waals surface area contributed by atoms with Crippen LogP contribution in [0.5, 0.6) is 0 Å². The number of hydrogen-bond donors (Lipinski definition) is 0. The third kappa shape index (κ3) is 3.72. The summed E-state index contributed by atoms with van der Waals surface area (Å²) in [7, 11) is 1.40. The first kappa shape index (κ1) is 16.0. The van der Waals surface area contributed by atoms with Gasteiger partial charge in [-0.2, -0.15) is 0 Å². The summed E-state index contributed by atoms with van der Waals surface area (Å²) in [6.07, 6.45) is 4.42. The van der Waals surface area contributed by atoms with Crippen molar-refractivity contribution in [1.82, 2.24) is 9.80 Å². The summed E-state index contributed by atoms with van der Waals surface area (Å²) in [6.45, 7) is 3.08. The molecule has 3 rings (SSSR count). The van der Waals surface area contributed by atoms with Crippen molar-refractivity contribution < 1.29 is 14.3 Å². The van der Waals surface area contributed by atoms with Crippen LogP contribution in [0.15, 0.2) is 18.2 Å². The van der Waals surface area contributed by atoms with Gasteiger partial charge in [-0.05, 0) is 42.9 Å². The minimum absolute atomic E-state index is 0.171. The van der Waals surface area contributed by atoms with Crippen LogP contribution in [0.3, 0.4) is 0 Å². The van der Waals surface area contributed by atoms with Crippen molar-refractivity contribution in [1.29, 1.82) is 0 Å². The van der Waals surface area contributed by atoms with Crippen molar-refractivity contribution in [2.24, 2.45) is 0 Å². The van der Waals surface area contributed by atoms with Crippen LogP contribution in [0.2, 0.25) is 0 Å². The number of amides is 1. The molecule has 0 bridgehead atoms. The van der Waals surface area contributed by atoms with E-state index in [2.05, 4.69) is 17.0 Å². The number of benzene rings is 1. The average molecular weight is 316 g/mol. The molecule has 0 spiro atoms. The lowest BCUT2D eigenvalue weighted by Gasteiger charge is -2.33. The Morgan fingerprint density at radius 1 is 1.04 bits per heavy atom. The van der Waals surface area contributed by atoms with Gasteiger partial charge < -0.3 is 9.64 Å². The number of nitrogens with zero attached hydrogens (tertiary/aromatic N) is 2. The molecule has 1 aromatic rings. The Morgan fingerprint density at radius 3 is 2.43 bits per heavy atom. The normalized spacial score (nSPS) is 18.4. The summed E-state index contributed by atoms with van der Waals surface area (Å²) in [5, 5.41) is 0. The van der Waals surface area contributed by atoms with Gasteiger partial charge in [-0.3, -0.25) is 9.69 Å². The number of ether oxygens (including phenoxy) is 1. The highest BCUT2D eigenvalue weighted by atomic mass is 16.5. The van der Waals surface area contributed by atoms with E-state index in [-0.39, 0.29) is 11.9 Å². The molecule has 0 atom stereocenters. The molecule has 5 heteroatoms. The molecule has 1 aliphatic carbocycles. The molecule has 5 nitrogen and oxygen atoms in total. The molecule has 1 aromatic carbocycles. The van der Waals surface area contributed by atoms with Gasteiger partial charge in [-0.25, -0.2) is 4.79 Å². The second-order valence-electron chi connectivity index (χ2n) is 6.35. The molecule has 0 N–H and O–H groups in total. The van der Waals surface area contributed by atoms with Gasteiger partial charge in [0.1, 0.15) is 0 Å². The predicted molar refractivity (Wildman–Crippen MR) is 87.8 cm³/mol. The standard InChI is InChI=1S/C18H24N2O3/c1-23-18(22)20-10-8-19(9-11-20)13-17(21)16-7-6-14-4-2-3-5-15(14)12-16/h6-7,12H,2-5,8-11,13H2,1H3. The molecule has 0 saturated carbocycles. The molecule has 1 heterocycles. The number of carbonyl (C=O) groups excluding carboxylic acids is 2. The van der Waals surface area contributed by atoms with Crippen molar-refractivity contribution in [3.8, 4) is 0 Å². The molecule has 2 aliphatic rings. The molecular weight excluding hydrogens is 292 g/mol. The van der Waals surface area contributed by atoms with Crippen molar-refractivity contribution in [3.05, 3.63) is 34.9 Å². The van der Waals surface area contributed by atoms with E-state index < -0.39 is 0 Å². The SMILES string of the molecule is COC(=O)N1CCN(CC(=O)c2ccc3c(c2)CCCC3)CC1. The molecule has 1 saturated heterocycles. The van der Waals surface area contributed by atoms with Crippen molar-refractivity contribution in [3.63, 3.8) is 0 Å². The third-order valence-electron chi connectivity index (χ3n) is 4.84. The smallest absolute Gasteiger partial charge is 0.409 e. The van der Waals surface area contributed by atoms with Gasteiger partial charge in [-0.15, -0.1) is 0 Å². The summed E-state index contributed by atoms with van der Waals surface area (Å²) < 4.78 is 4.73. The number of methoxy groups -OCH3 is 1. The van der Waals surface area contributed by atoms with E-state index in [1.807, 2.05) is 6.07 Å². The molecule has 1 amide bonds. The number of aryl methyl sites for hydroxylation is 2. The molecule has 1 fully saturated rings. The van der Waals surface area contributed by atoms with Gasteiger partial charge in [0.05, 0.1) is 13.7 Å². The van der Waals surface area contributed by atoms with E-state index in [0.717, 1.165) is 18.4 Å². The van der Waals surface area contributed by atoms with Crippen LogP contribution in [0.25, 0.3) is 0 Å². The third-order valence-corrected chi connectivity index (χ3v) is 4.84. The fourth-order valence-corrected chi connectivity index (χ4v) is 3.42. The van der Waals surface area contributed by atoms with Gasteiger partial charge in [0.25, 0.3) is 0 Å². The first-order chi connectivity index (χ1) is 11.2. The Hall–Kier alpha value is -1.88. The molecular formula is C18H24N2O3. The molecule has 0 aromatic heterocycles. The lowest BCUT2D eigenvalue weighted by molar-refractivity contribution is 0.0790. The van der Waals surface area contributed by atoms with Crippen LogP contribution in [-0.2, 0) is 17.6 Å². The topological polar surface area (TPSA) is 49.9 Å². The Kier molecular flexibility index (Phi) is 4.96. The maximum atomic E-state index is 12.5. The van der Waals surface area contributed by atoms with Crippen LogP contribution in [0.1, 0.15) is 34.3 Å². The van der Waals surface area contributed by atoms with E-state index in [9.17, 15) is 9.59 Å². The predicted octanol–water partition coefficient (Wildman–Crippen LogP) is 2.13. The highest BCUT2D eigenvalue weighted by Crippen LogP contribution is 2.22. The number of ketones is 1. The molecule has 23 heavy (non-hydrogen) atoms. The van der Waals surface area contributed by atoms with Crippen molar-refractivity contribution >= 4 is 11.9 Å². The quantitative estimate of drug-likeness (QED) is 0.802. The first-order valence-corrected chi connectivity index (χ1v) is 8.37. The fraction of sp³-hybridized carbons (Fsp3) is 0.556. The largest absolute Gasteiger partial charge is 0.453 e. The molecule has 0 radical (unpaired) electrons. The van der Waals surface area contributed by atoms with Crippen molar-refractivity contribution in [2.45, 2.75) is 25.7 Å². The molecule has 124 valence electrons. The highest BCUT2D eigenvalue weighted by Gasteiger charge is 2.23. The van der Waals surface area contributed by atoms with E-state index in [1.165, 1.54) is 31.1 Å². The lowest BCUT2D eigenvalue weighted by Crippen LogP contribution is -2.49. The number of piperazine rings is 1. The minimum Gasteiger partial charge on any atom is -0.453 e. The number of rotatable bonds is 3. The van der Waals surface area contributed by atoms with Gasteiger partial charge in [0.15, 0.2) is 5.78 Å². The average Bonchev–Trinajstić information content (AvgIpc) is 2.61. The second kappa shape index (κ2) is 7.13. The van der Waals surface area contributed by atoms with Gasteiger partial charge in [0.2, 0.25) is 0 Å².